The van der Waals surface area contributed by atoms with Crippen molar-refractivity contribution < 1.29 is 28.9 Å². The molecule has 8 nitrogen and oxygen atoms in total. The highest BCUT2D eigenvalue weighted by Crippen LogP contribution is 2.37. The Labute approximate surface area is 225 Å². The maximum Gasteiger partial charge on any atom is 0.341 e. The summed E-state index contributed by atoms with van der Waals surface area (Å²) in [5.74, 6) is -1.92. The van der Waals surface area contributed by atoms with Crippen molar-refractivity contribution in [3.8, 4) is 0 Å². The zero-order valence-corrected chi connectivity index (χ0v) is 22.4. The highest BCUT2D eigenvalue weighted by atomic mass is 35.5. The van der Waals surface area contributed by atoms with E-state index >= 15 is 4.39 Å². The average molecular weight is 547 g/mol. The van der Waals surface area contributed by atoms with E-state index in [1.807, 2.05) is 13.0 Å². The summed E-state index contributed by atoms with van der Waals surface area (Å²) in [5.41, 5.74) is 1.30. The number of fused-ring (bicyclic) bond motifs is 1. The highest BCUT2D eigenvalue weighted by Gasteiger charge is 2.31. The normalized spacial score (nSPS) is 16.9. The SMILES string of the molecule is CCc1cc2c(cc1C(c1cccc(Cl)c1F)N1CCOCC1)c(=O)c(C(=O)O)cn2[C@H](CO)[C@H](C)OC. The predicted octanol–water partition coefficient (Wildman–Crippen LogP) is 4.04. The molecule has 3 atom stereocenters. The molecule has 0 amide bonds. The van der Waals surface area contributed by atoms with Crippen LogP contribution >= 0.6 is 11.6 Å². The molecule has 204 valence electrons. The highest BCUT2D eigenvalue weighted by molar-refractivity contribution is 6.30. The third-order valence-electron chi connectivity index (χ3n) is 7.34. The molecule has 2 heterocycles. The molecule has 2 N–H and O–H groups in total. The fourth-order valence-electron chi connectivity index (χ4n) is 5.19. The number of carboxylic acids is 1. The van der Waals surface area contributed by atoms with E-state index in [9.17, 15) is 19.8 Å². The largest absolute Gasteiger partial charge is 0.477 e. The molecule has 1 aromatic heterocycles. The van der Waals surface area contributed by atoms with E-state index in [4.69, 9.17) is 21.1 Å². The molecule has 0 radical (unpaired) electrons. The fraction of sp³-hybridized carbons (Fsp3) is 0.429. The van der Waals surface area contributed by atoms with Gasteiger partial charge in [-0.15, -0.1) is 0 Å². The molecule has 0 aliphatic carbocycles. The standard InChI is InChI=1S/C28H32ClFN2O6/c1-4-17-12-23-20(27(34)21(28(35)36)14-32(23)24(15-33)16(2)37-3)13-19(17)26(31-8-10-38-11-9-31)18-6-5-7-22(29)25(18)30/h5-7,12-14,16,24,26,33H,4,8-11,15H2,1-3H3,(H,35,36)/t16-,24+,26?/m0/s1. The van der Waals surface area contributed by atoms with Gasteiger partial charge in [-0.3, -0.25) is 9.69 Å². The summed E-state index contributed by atoms with van der Waals surface area (Å²) in [6, 6.07) is 7.14. The van der Waals surface area contributed by atoms with Crippen LogP contribution in [0.2, 0.25) is 5.02 Å². The van der Waals surface area contributed by atoms with Crippen molar-refractivity contribution in [2.75, 3.05) is 40.0 Å². The summed E-state index contributed by atoms with van der Waals surface area (Å²) in [6.07, 6.45) is 1.35. The number of aliphatic hydroxyl groups excluding tert-OH is 1. The van der Waals surface area contributed by atoms with E-state index < -0.39 is 41.0 Å². The minimum absolute atomic E-state index is 0.00513. The van der Waals surface area contributed by atoms with Gasteiger partial charge in [0.2, 0.25) is 5.43 Å². The Morgan fingerprint density at radius 3 is 2.55 bits per heavy atom. The first kappa shape index (κ1) is 28.2. The van der Waals surface area contributed by atoms with Crippen molar-refractivity contribution in [2.45, 2.75) is 38.5 Å². The molecule has 4 rings (SSSR count). The summed E-state index contributed by atoms with van der Waals surface area (Å²) < 4.78 is 28.0. The van der Waals surface area contributed by atoms with Gasteiger partial charge in [0.15, 0.2) is 0 Å². The van der Waals surface area contributed by atoms with Crippen molar-refractivity contribution in [1.29, 1.82) is 0 Å². The van der Waals surface area contributed by atoms with E-state index in [0.717, 1.165) is 5.56 Å². The molecule has 2 aromatic carbocycles. The first-order valence-corrected chi connectivity index (χ1v) is 13.0. The van der Waals surface area contributed by atoms with E-state index in [0.29, 0.717) is 49.4 Å². The van der Waals surface area contributed by atoms with Crippen molar-refractivity contribution in [3.05, 3.63) is 79.8 Å². The van der Waals surface area contributed by atoms with Crippen LogP contribution < -0.4 is 5.43 Å². The van der Waals surface area contributed by atoms with Gasteiger partial charge in [0.05, 0.1) is 48.5 Å². The van der Waals surface area contributed by atoms with Gasteiger partial charge in [-0.25, -0.2) is 9.18 Å². The fourth-order valence-corrected chi connectivity index (χ4v) is 5.37. The number of carbonyl (C=O) groups is 1. The third-order valence-corrected chi connectivity index (χ3v) is 7.64. The van der Waals surface area contributed by atoms with Crippen LogP contribution in [-0.4, -0.2) is 71.8 Å². The van der Waals surface area contributed by atoms with Gasteiger partial charge < -0.3 is 24.3 Å². The Bertz CT molecular complexity index is 1390. The van der Waals surface area contributed by atoms with Crippen LogP contribution in [0.4, 0.5) is 4.39 Å². The molecule has 1 fully saturated rings. The van der Waals surface area contributed by atoms with Crippen LogP contribution in [0.15, 0.2) is 41.3 Å². The molecular formula is C28H32ClFN2O6. The van der Waals surface area contributed by atoms with Gasteiger partial charge in [-0.05, 0) is 42.7 Å². The van der Waals surface area contributed by atoms with Gasteiger partial charge in [0.1, 0.15) is 11.4 Å². The number of aromatic nitrogens is 1. The number of pyridine rings is 1. The molecule has 38 heavy (non-hydrogen) atoms. The maximum absolute atomic E-state index is 15.5. The number of aliphatic hydroxyl groups is 1. The summed E-state index contributed by atoms with van der Waals surface area (Å²) in [5, 5.41) is 20.2. The summed E-state index contributed by atoms with van der Waals surface area (Å²) in [4.78, 5) is 27.6. The average Bonchev–Trinajstić information content (AvgIpc) is 2.92. The number of aromatic carboxylic acids is 1. The maximum atomic E-state index is 15.5. The number of carboxylic acid groups (broad SMARTS) is 1. The van der Waals surface area contributed by atoms with E-state index in [2.05, 4.69) is 4.90 Å². The first-order chi connectivity index (χ1) is 18.2. The lowest BCUT2D eigenvalue weighted by molar-refractivity contribution is 0.0232. The van der Waals surface area contributed by atoms with Crippen LogP contribution in [0.1, 0.15) is 53.0 Å². The van der Waals surface area contributed by atoms with Gasteiger partial charge in [0, 0.05) is 37.3 Å². The number of morpholine rings is 1. The third kappa shape index (κ3) is 5.21. The van der Waals surface area contributed by atoms with Gasteiger partial charge >= 0.3 is 5.97 Å². The minimum atomic E-state index is -1.38. The number of aryl methyl sites for hydroxylation is 1. The van der Waals surface area contributed by atoms with Crippen molar-refractivity contribution >= 4 is 28.5 Å². The molecule has 0 spiro atoms. The van der Waals surface area contributed by atoms with Crippen LogP contribution in [0, 0.1) is 5.82 Å². The van der Waals surface area contributed by atoms with Crippen LogP contribution in [-0.2, 0) is 15.9 Å². The summed E-state index contributed by atoms with van der Waals surface area (Å²) in [6.45, 7) is 5.40. The van der Waals surface area contributed by atoms with E-state index in [1.54, 1.807) is 29.7 Å². The second-order valence-corrected chi connectivity index (χ2v) is 9.80. The Morgan fingerprint density at radius 2 is 1.95 bits per heavy atom. The zero-order chi connectivity index (χ0) is 27.6. The Morgan fingerprint density at radius 1 is 1.24 bits per heavy atom. The minimum Gasteiger partial charge on any atom is -0.477 e. The monoisotopic (exact) mass is 546 g/mol. The number of ether oxygens (including phenoxy) is 2. The molecule has 1 unspecified atom stereocenters. The first-order valence-electron chi connectivity index (χ1n) is 12.6. The van der Waals surface area contributed by atoms with E-state index in [-0.39, 0.29) is 17.0 Å². The molecule has 1 aliphatic heterocycles. The van der Waals surface area contributed by atoms with Gasteiger partial charge in [-0.1, -0.05) is 30.7 Å². The van der Waals surface area contributed by atoms with Crippen molar-refractivity contribution in [1.82, 2.24) is 9.47 Å². The second kappa shape index (κ2) is 11.9. The quantitative estimate of drug-likeness (QED) is 0.417. The summed E-state index contributed by atoms with van der Waals surface area (Å²) >= 11 is 6.18. The Hall–Kier alpha value is -2.82. The van der Waals surface area contributed by atoms with Gasteiger partial charge in [0.25, 0.3) is 0 Å². The zero-order valence-electron chi connectivity index (χ0n) is 21.6. The molecule has 0 bridgehead atoms. The summed E-state index contributed by atoms with van der Waals surface area (Å²) in [7, 11) is 1.50. The topological polar surface area (TPSA) is 101 Å². The molecule has 3 aromatic rings. The number of hydrogen-bond donors (Lipinski definition) is 2. The predicted molar refractivity (Wildman–Crippen MR) is 143 cm³/mol. The molecule has 0 saturated carbocycles. The number of halogens is 2. The van der Waals surface area contributed by atoms with Crippen LogP contribution in [0.25, 0.3) is 10.9 Å². The Kier molecular flexibility index (Phi) is 8.85. The van der Waals surface area contributed by atoms with Crippen molar-refractivity contribution in [2.24, 2.45) is 0 Å². The second-order valence-electron chi connectivity index (χ2n) is 9.39. The number of hydrogen-bond acceptors (Lipinski definition) is 6. The van der Waals surface area contributed by atoms with Crippen LogP contribution in [0.3, 0.4) is 0 Å². The number of benzene rings is 2. The molecular weight excluding hydrogens is 515 g/mol. The lowest BCUT2D eigenvalue weighted by Crippen LogP contribution is -2.40. The molecule has 10 heteroatoms. The van der Waals surface area contributed by atoms with Crippen molar-refractivity contribution in [3.63, 3.8) is 0 Å². The smallest absolute Gasteiger partial charge is 0.341 e. The lowest BCUT2D eigenvalue weighted by atomic mass is 9.89. The van der Waals surface area contributed by atoms with Gasteiger partial charge in [-0.2, -0.15) is 0 Å². The number of rotatable bonds is 9. The number of nitrogens with zero attached hydrogens (tertiary/aromatic N) is 2. The Balaban J connectivity index is 2.07. The molecule has 1 aliphatic rings. The van der Waals surface area contributed by atoms with Crippen LogP contribution in [0.5, 0.6) is 0 Å². The number of methoxy groups -OCH3 is 1. The molecule has 1 saturated heterocycles. The lowest BCUT2D eigenvalue weighted by Gasteiger charge is -2.36. The van der Waals surface area contributed by atoms with E-state index in [1.165, 1.54) is 19.4 Å².